The summed E-state index contributed by atoms with van der Waals surface area (Å²) in [5.41, 5.74) is 2.49. The maximum absolute atomic E-state index is 4.75. The second-order valence-electron chi connectivity index (χ2n) is 8.05. The molecule has 0 bridgehead atoms. The molecule has 0 aliphatic carbocycles. The Kier molecular flexibility index (Phi) is 11.2. The Morgan fingerprint density at radius 2 is 1.87 bits per heavy atom. The van der Waals surface area contributed by atoms with E-state index in [2.05, 4.69) is 63.2 Å². The van der Waals surface area contributed by atoms with Gasteiger partial charge in [-0.15, -0.1) is 24.0 Å². The second-order valence-corrected chi connectivity index (χ2v) is 8.05. The Morgan fingerprint density at radius 1 is 1.13 bits per heavy atom. The van der Waals surface area contributed by atoms with E-state index in [4.69, 9.17) is 4.99 Å². The van der Waals surface area contributed by atoms with Gasteiger partial charge in [-0.25, -0.2) is 9.98 Å². The number of hydrogen-bond acceptors (Lipinski definition) is 3. The number of guanidine groups is 1. The average Bonchev–Trinajstić information content (AvgIpc) is 3.25. The van der Waals surface area contributed by atoms with Crippen LogP contribution in [-0.4, -0.2) is 53.1 Å². The summed E-state index contributed by atoms with van der Waals surface area (Å²) in [5, 5.41) is 6.84. The van der Waals surface area contributed by atoms with Crippen LogP contribution in [0.3, 0.4) is 0 Å². The fraction of sp³-hybridized carbons (Fsp3) is 0.565. The molecule has 30 heavy (non-hydrogen) atoms. The number of imidazole rings is 1. The molecule has 0 unspecified atom stereocenters. The largest absolute Gasteiger partial charge is 0.357 e. The van der Waals surface area contributed by atoms with Crippen LogP contribution >= 0.6 is 24.0 Å². The third kappa shape index (κ3) is 8.63. The number of piperidine rings is 1. The monoisotopic (exact) mass is 524 g/mol. The summed E-state index contributed by atoms with van der Waals surface area (Å²) in [6.07, 6.45) is 9.49. The molecule has 1 fully saturated rings. The number of halogens is 1. The first-order valence-corrected chi connectivity index (χ1v) is 11.0. The summed E-state index contributed by atoms with van der Waals surface area (Å²) in [5.74, 6) is 1.80. The Labute approximate surface area is 198 Å². The van der Waals surface area contributed by atoms with Gasteiger partial charge < -0.3 is 20.1 Å². The minimum Gasteiger partial charge on any atom is -0.357 e. The molecule has 1 saturated heterocycles. The summed E-state index contributed by atoms with van der Waals surface area (Å²) < 4.78 is 2.07. The fourth-order valence-electron chi connectivity index (χ4n) is 3.65. The van der Waals surface area contributed by atoms with Crippen LogP contribution in [0.15, 0.2) is 48.0 Å². The van der Waals surface area contributed by atoms with Crippen molar-refractivity contribution < 1.29 is 0 Å². The lowest BCUT2D eigenvalue weighted by atomic mass is 9.99. The van der Waals surface area contributed by atoms with Crippen LogP contribution in [0.5, 0.6) is 0 Å². The molecule has 2 heterocycles. The maximum Gasteiger partial charge on any atom is 0.191 e. The Balaban J connectivity index is 0.00000320. The molecule has 1 aliphatic heterocycles. The van der Waals surface area contributed by atoms with Crippen molar-refractivity contribution in [1.29, 1.82) is 0 Å². The molecule has 0 atom stereocenters. The molecule has 0 spiro atoms. The molecule has 1 aromatic carbocycles. The second kappa shape index (κ2) is 13.6. The van der Waals surface area contributed by atoms with Gasteiger partial charge in [0.2, 0.25) is 0 Å². The predicted octanol–water partition coefficient (Wildman–Crippen LogP) is 3.73. The number of nitrogens with zero attached hydrogens (tertiary/aromatic N) is 4. The molecule has 166 valence electrons. The summed E-state index contributed by atoms with van der Waals surface area (Å²) in [7, 11) is 0. The van der Waals surface area contributed by atoms with E-state index in [1.807, 2.05) is 18.7 Å². The van der Waals surface area contributed by atoms with Gasteiger partial charge in [0.15, 0.2) is 5.96 Å². The van der Waals surface area contributed by atoms with Crippen molar-refractivity contribution in [2.24, 2.45) is 10.9 Å². The van der Waals surface area contributed by atoms with E-state index in [1.54, 1.807) is 0 Å². The van der Waals surface area contributed by atoms with Crippen LogP contribution in [-0.2, 0) is 13.1 Å². The first-order valence-electron chi connectivity index (χ1n) is 11.0. The quantitative estimate of drug-likeness (QED) is 0.227. The van der Waals surface area contributed by atoms with Crippen LogP contribution in [0.1, 0.15) is 44.2 Å². The van der Waals surface area contributed by atoms with Gasteiger partial charge in [0.25, 0.3) is 0 Å². The van der Waals surface area contributed by atoms with Crippen LogP contribution in [0, 0.1) is 5.92 Å². The molecule has 1 aromatic heterocycles. The lowest BCUT2D eigenvalue weighted by molar-refractivity contribution is 0.191. The van der Waals surface area contributed by atoms with Crippen molar-refractivity contribution in [3.8, 4) is 0 Å². The van der Waals surface area contributed by atoms with Gasteiger partial charge in [0.1, 0.15) is 0 Å². The molecule has 0 radical (unpaired) electrons. The van der Waals surface area contributed by atoms with E-state index in [1.165, 1.54) is 43.6 Å². The van der Waals surface area contributed by atoms with Gasteiger partial charge in [-0.1, -0.05) is 31.2 Å². The molecular weight excluding hydrogens is 487 g/mol. The normalized spacial score (nSPS) is 15.6. The van der Waals surface area contributed by atoms with E-state index < -0.39 is 0 Å². The summed E-state index contributed by atoms with van der Waals surface area (Å²) >= 11 is 0. The number of aliphatic imine (C=N–C) groups is 1. The molecule has 0 amide bonds. The number of likely N-dealkylation sites (tertiary alicyclic amines) is 1. The van der Waals surface area contributed by atoms with E-state index in [-0.39, 0.29) is 24.0 Å². The molecule has 2 N–H and O–H groups in total. The molecule has 2 aromatic rings. The van der Waals surface area contributed by atoms with Crippen molar-refractivity contribution in [3.05, 3.63) is 54.1 Å². The number of benzene rings is 1. The van der Waals surface area contributed by atoms with Gasteiger partial charge >= 0.3 is 0 Å². The van der Waals surface area contributed by atoms with Gasteiger partial charge in [-0.05, 0) is 62.9 Å². The SMILES string of the molecule is CCNC(=NCc1ccc(Cn2ccnc2)cc1)NCCCN1CCC(C)CC1.I. The fourth-order valence-corrected chi connectivity index (χ4v) is 3.65. The van der Waals surface area contributed by atoms with E-state index in [0.717, 1.165) is 37.9 Å². The molecule has 0 saturated carbocycles. The van der Waals surface area contributed by atoms with Crippen LogP contribution in [0.25, 0.3) is 0 Å². The number of aromatic nitrogens is 2. The molecular formula is C23H37IN6. The summed E-state index contributed by atoms with van der Waals surface area (Å²) in [6, 6.07) is 8.67. The maximum atomic E-state index is 4.75. The van der Waals surface area contributed by atoms with Crippen molar-refractivity contribution >= 4 is 29.9 Å². The van der Waals surface area contributed by atoms with Crippen LogP contribution < -0.4 is 10.6 Å². The summed E-state index contributed by atoms with van der Waals surface area (Å²) in [4.78, 5) is 11.4. The minimum atomic E-state index is 0. The smallest absolute Gasteiger partial charge is 0.191 e. The van der Waals surface area contributed by atoms with Crippen LogP contribution in [0.4, 0.5) is 0 Å². The zero-order valence-electron chi connectivity index (χ0n) is 18.4. The number of hydrogen-bond donors (Lipinski definition) is 2. The molecule has 7 heteroatoms. The number of rotatable bonds is 9. The standard InChI is InChI=1S/C23H36N6.HI/c1-3-25-23(26-11-4-13-28-14-9-20(2)10-15-28)27-17-21-5-7-22(8-6-21)18-29-16-12-24-19-29;/h5-8,12,16,19-20H,3-4,9-11,13-15,17-18H2,1-2H3,(H2,25,26,27);1H. The lowest BCUT2D eigenvalue weighted by Gasteiger charge is -2.30. The Hall–Kier alpha value is -1.61. The van der Waals surface area contributed by atoms with Gasteiger partial charge in [0, 0.05) is 32.0 Å². The average molecular weight is 524 g/mol. The zero-order valence-corrected chi connectivity index (χ0v) is 20.7. The first kappa shape index (κ1) is 24.7. The molecule has 6 nitrogen and oxygen atoms in total. The lowest BCUT2D eigenvalue weighted by Crippen LogP contribution is -2.39. The van der Waals surface area contributed by atoms with Gasteiger partial charge in [0.05, 0.1) is 12.9 Å². The van der Waals surface area contributed by atoms with Crippen molar-refractivity contribution in [3.63, 3.8) is 0 Å². The third-order valence-electron chi connectivity index (χ3n) is 5.53. The summed E-state index contributed by atoms with van der Waals surface area (Å²) in [6.45, 7) is 11.5. The Morgan fingerprint density at radius 3 is 2.53 bits per heavy atom. The van der Waals surface area contributed by atoms with E-state index >= 15 is 0 Å². The predicted molar refractivity (Wildman–Crippen MR) is 135 cm³/mol. The third-order valence-corrected chi connectivity index (χ3v) is 5.53. The van der Waals surface area contributed by atoms with Crippen molar-refractivity contribution in [2.75, 3.05) is 32.7 Å². The molecule has 1 aliphatic rings. The Bertz CT molecular complexity index is 721. The van der Waals surface area contributed by atoms with Gasteiger partial charge in [-0.2, -0.15) is 0 Å². The topological polar surface area (TPSA) is 57.5 Å². The van der Waals surface area contributed by atoms with Crippen LogP contribution in [0.2, 0.25) is 0 Å². The highest BCUT2D eigenvalue weighted by Gasteiger charge is 2.14. The first-order chi connectivity index (χ1) is 14.2. The van der Waals surface area contributed by atoms with E-state index in [9.17, 15) is 0 Å². The van der Waals surface area contributed by atoms with Crippen molar-refractivity contribution in [1.82, 2.24) is 25.1 Å². The zero-order chi connectivity index (χ0) is 20.3. The number of nitrogens with one attached hydrogen (secondary N) is 2. The minimum absolute atomic E-state index is 0. The van der Waals surface area contributed by atoms with Gasteiger partial charge in [-0.3, -0.25) is 0 Å². The van der Waals surface area contributed by atoms with E-state index in [0.29, 0.717) is 6.54 Å². The highest BCUT2D eigenvalue weighted by atomic mass is 127. The molecule has 3 rings (SSSR count). The highest BCUT2D eigenvalue weighted by Crippen LogP contribution is 2.15. The van der Waals surface area contributed by atoms with Crippen molar-refractivity contribution in [2.45, 2.75) is 46.2 Å². The highest BCUT2D eigenvalue weighted by molar-refractivity contribution is 14.0.